The fourth-order valence-corrected chi connectivity index (χ4v) is 3.28. The Morgan fingerprint density at radius 1 is 1.32 bits per heavy atom. The van der Waals surface area contributed by atoms with E-state index < -0.39 is 10.0 Å². The average molecular weight is 402 g/mol. The Hall–Kier alpha value is -0.0900. The smallest absolute Gasteiger partial charge is 0.211 e. The van der Waals surface area contributed by atoms with E-state index in [2.05, 4.69) is 15.2 Å². The van der Waals surface area contributed by atoms with Gasteiger partial charge in [-0.3, -0.25) is 4.99 Å². The zero-order valence-electron chi connectivity index (χ0n) is 11.5. The lowest BCUT2D eigenvalue weighted by atomic mass is 9.98. The first kappa shape index (κ1) is 17.0. The summed E-state index contributed by atoms with van der Waals surface area (Å²) in [6.45, 7) is 4.03. The summed E-state index contributed by atoms with van der Waals surface area (Å²) in [6, 6.07) is 0. The topological polar surface area (TPSA) is 65.0 Å². The van der Waals surface area contributed by atoms with Crippen LogP contribution in [0.5, 0.6) is 0 Å². The molecule has 19 heavy (non-hydrogen) atoms. The van der Waals surface area contributed by atoms with Crippen LogP contribution in [0.1, 0.15) is 12.8 Å². The van der Waals surface area contributed by atoms with Crippen molar-refractivity contribution in [2.45, 2.75) is 12.8 Å². The maximum atomic E-state index is 11.4. The largest absolute Gasteiger partial charge is 0.356 e. The van der Waals surface area contributed by atoms with Crippen molar-refractivity contribution in [3.63, 3.8) is 0 Å². The zero-order valence-corrected chi connectivity index (χ0v) is 14.6. The number of halogens is 1. The number of hydrogen-bond donors (Lipinski definition) is 1. The summed E-state index contributed by atoms with van der Waals surface area (Å²) >= 11 is 0. The molecule has 0 aliphatic carbocycles. The second-order valence-corrected chi connectivity index (χ2v) is 7.10. The Bertz CT molecular complexity index is 418. The molecule has 0 aromatic rings. The molecule has 2 aliphatic heterocycles. The van der Waals surface area contributed by atoms with Crippen LogP contribution in [0.15, 0.2) is 4.99 Å². The van der Waals surface area contributed by atoms with E-state index in [-0.39, 0.29) is 24.0 Å². The van der Waals surface area contributed by atoms with E-state index in [1.165, 1.54) is 6.26 Å². The van der Waals surface area contributed by atoms with Crippen LogP contribution in [0.25, 0.3) is 0 Å². The van der Waals surface area contributed by atoms with Crippen LogP contribution in [0.2, 0.25) is 0 Å². The summed E-state index contributed by atoms with van der Waals surface area (Å²) in [6.07, 6.45) is 3.14. The highest BCUT2D eigenvalue weighted by Gasteiger charge is 2.25. The minimum atomic E-state index is -3.01. The SMILES string of the molecule is CN1CCN=C1NCC1CCN(S(C)(=O)=O)CC1.I. The van der Waals surface area contributed by atoms with Gasteiger partial charge in [-0.2, -0.15) is 0 Å². The van der Waals surface area contributed by atoms with Crippen LogP contribution in [-0.2, 0) is 10.0 Å². The fourth-order valence-electron chi connectivity index (χ4n) is 2.40. The standard InChI is InChI=1S/C11H22N4O2S.HI/c1-14-8-5-12-11(14)13-9-10-3-6-15(7-4-10)18(2,16)17;/h10H,3-9H2,1-2H3,(H,12,13);1H. The molecule has 0 bridgehead atoms. The van der Waals surface area contributed by atoms with E-state index in [1.54, 1.807) is 4.31 Å². The summed E-state index contributed by atoms with van der Waals surface area (Å²) in [4.78, 5) is 6.50. The molecule has 8 heteroatoms. The van der Waals surface area contributed by atoms with Gasteiger partial charge in [0.05, 0.1) is 12.8 Å². The molecule has 0 amide bonds. The number of guanidine groups is 1. The first-order valence-electron chi connectivity index (χ1n) is 6.41. The Morgan fingerprint density at radius 2 is 1.95 bits per heavy atom. The highest BCUT2D eigenvalue weighted by Crippen LogP contribution is 2.18. The van der Waals surface area contributed by atoms with Crippen LogP contribution in [0.4, 0.5) is 0 Å². The van der Waals surface area contributed by atoms with Crippen LogP contribution in [0, 0.1) is 5.92 Å². The molecule has 0 spiro atoms. The Balaban J connectivity index is 0.00000180. The van der Waals surface area contributed by atoms with Gasteiger partial charge in [0.25, 0.3) is 0 Å². The van der Waals surface area contributed by atoms with Crippen molar-refractivity contribution in [1.29, 1.82) is 0 Å². The van der Waals surface area contributed by atoms with Gasteiger partial charge in [-0.25, -0.2) is 12.7 Å². The third-order valence-electron chi connectivity index (χ3n) is 3.65. The van der Waals surface area contributed by atoms with Gasteiger partial charge >= 0.3 is 0 Å². The van der Waals surface area contributed by atoms with E-state index >= 15 is 0 Å². The summed E-state index contributed by atoms with van der Waals surface area (Å²) < 4.78 is 24.3. The van der Waals surface area contributed by atoms with Crippen molar-refractivity contribution in [3.05, 3.63) is 0 Å². The molecule has 1 N–H and O–H groups in total. The molecular formula is C11H23IN4O2S. The molecule has 0 radical (unpaired) electrons. The predicted octanol–water partition coefficient (Wildman–Crippen LogP) is 0.167. The number of aliphatic imine (C=N–C) groups is 1. The van der Waals surface area contributed by atoms with E-state index in [1.807, 2.05) is 7.05 Å². The van der Waals surface area contributed by atoms with Gasteiger partial charge in [-0.1, -0.05) is 0 Å². The minimum Gasteiger partial charge on any atom is -0.356 e. The molecule has 1 fully saturated rings. The molecule has 0 saturated carbocycles. The number of hydrogen-bond acceptors (Lipinski definition) is 5. The number of nitrogens with zero attached hydrogens (tertiary/aromatic N) is 3. The summed E-state index contributed by atoms with van der Waals surface area (Å²) in [7, 11) is -0.975. The van der Waals surface area contributed by atoms with Gasteiger partial charge in [0.15, 0.2) is 5.96 Å². The van der Waals surface area contributed by atoms with Crippen molar-refractivity contribution >= 4 is 40.0 Å². The molecule has 6 nitrogen and oxygen atoms in total. The third-order valence-corrected chi connectivity index (χ3v) is 4.95. The Kier molecular flexibility index (Phi) is 6.31. The summed E-state index contributed by atoms with van der Waals surface area (Å²) in [5, 5.41) is 3.36. The highest BCUT2D eigenvalue weighted by atomic mass is 127. The van der Waals surface area contributed by atoms with Gasteiger partial charge in [-0.05, 0) is 18.8 Å². The van der Waals surface area contributed by atoms with Gasteiger partial charge in [0, 0.05) is 33.2 Å². The minimum absolute atomic E-state index is 0. The van der Waals surface area contributed by atoms with E-state index in [4.69, 9.17) is 0 Å². The molecule has 2 aliphatic rings. The first-order chi connectivity index (χ1) is 8.47. The predicted molar refractivity (Wildman–Crippen MR) is 87.5 cm³/mol. The molecule has 2 heterocycles. The molecule has 0 unspecified atom stereocenters. The lowest BCUT2D eigenvalue weighted by Gasteiger charge is -2.30. The van der Waals surface area contributed by atoms with Crippen molar-refractivity contribution < 1.29 is 8.42 Å². The van der Waals surface area contributed by atoms with Crippen LogP contribution in [0.3, 0.4) is 0 Å². The molecule has 112 valence electrons. The number of piperidine rings is 1. The quantitative estimate of drug-likeness (QED) is 0.684. The molecular weight excluding hydrogens is 379 g/mol. The molecule has 2 rings (SSSR count). The van der Waals surface area contributed by atoms with Gasteiger partial charge in [-0.15, -0.1) is 24.0 Å². The normalized spacial score (nSPS) is 22.0. The number of likely N-dealkylation sites (N-methyl/N-ethyl adjacent to an activating group) is 1. The maximum Gasteiger partial charge on any atom is 0.211 e. The average Bonchev–Trinajstić information content (AvgIpc) is 2.72. The lowest BCUT2D eigenvalue weighted by molar-refractivity contribution is 0.274. The van der Waals surface area contributed by atoms with Gasteiger partial charge < -0.3 is 10.2 Å². The third kappa shape index (κ3) is 4.75. The maximum absolute atomic E-state index is 11.4. The van der Waals surface area contributed by atoms with Gasteiger partial charge in [0.1, 0.15) is 0 Å². The molecule has 0 aromatic carbocycles. The van der Waals surface area contributed by atoms with Gasteiger partial charge in [0.2, 0.25) is 10.0 Å². The van der Waals surface area contributed by atoms with E-state index in [9.17, 15) is 8.42 Å². The number of sulfonamides is 1. The second-order valence-electron chi connectivity index (χ2n) is 5.11. The second kappa shape index (κ2) is 7.07. The Morgan fingerprint density at radius 3 is 2.42 bits per heavy atom. The van der Waals surface area contributed by atoms with E-state index in [0.29, 0.717) is 19.0 Å². The molecule has 1 saturated heterocycles. The molecule has 0 atom stereocenters. The molecule has 0 aromatic heterocycles. The van der Waals surface area contributed by atoms with Crippen molar-refractivity contribution in [1.82, 2.24) is 14.5 Å². The number of rotatable bonds is 3. The van der Waals surface area contributed by atoms with Crippen LogP contribution in [-0.4, -0.2) is 69.6 Å². The van der Waals surface area contributed by atoms with Crippen molar-refractivity contribution in [2.24, 2.45) is 10.9 Å². The fraction of sp³-hybridized carbons (Fsp3) is 0.909. The Labute approximate surface area is 132 Å². The van der Waals surface area contributed by atoms with Crippen molar-refractivity contribution in [2.75, 3.05) is 46.0 Å². The van der Waals surface area contributed by atoms with Crippen LogP contribution >= 0.6 is 24.0 Å². The monoisotopic (exact) mass is 402 g/mol. The number of nitrogens with one attached hydrogen (secondary N) is 1. The van der Waals surface area contributed by atoms with E-state index in [0.717, 1.165) is 38.4 Å². The first-order valence-corrected chi connectivity index (χ1v) is 8.26. The summed E-state index contributed by atoms with van der Waals surface area (Å²) in [5.74, 6) is 1.51. The zero-order chi connectivity index (χ0) is 13.2. The lowest BCUT2D eigenvalue weighted by Crippen LogP contribution is -2.43. The summed E-state index contributed by atoms with van der Waals surface area (Å²) in [5.41, 5.74) is 0. The van der Waals surface area contributed by atoms with Crippen molar-refractivity contribution in [3.8, 4) is 0 Å². The van der Waals surface area contributed by atoms with Crippen LogP contribution < -0.4 is 5.32 Å². The highest BCUT2D eigenvalue weighted by molar-refractivity contribution is 14.0.